The molecule has 0 atom stereocenters. The Morgan fingerprint density at radius 3 is 2.90 bits per heavy atom. The van der Waals surface area contributed by atoms with Gasteiger partial charge in [0.05, 0.1) is 18.2 Å². The van der Waals surface area contributed by atoms with Crippen LogP contribution in [-0.4, -0.2) is 33.9 Å². The Morgan fingerprint density at radius 1 is 1.45 bits per heavy atom. The van der Waals surface area contributed by atoms with Gasteiger partial charge in [-0.1, -0.05) is 12.7 Å². The molecule has 0 radical (unpaired) electrons. The molecule has 2 aromatic heterocycles. The van der Waals surface area contributed by atoms with Crippen LogP contribution in [0.3, 0.4) is 0 Å². The zero-order chi connectivity index (χ0) is 14.5. The molecular weight excluding hydrogens is 258 g/mol. The van der Waals surface area contributed by atoms with Gasteiger partial charge in [0.1, 0.15) is 17.9 Å². The molecule has 0 fully saturated rings. The summed E-state index contributed by atoms with van der Waals surface area (Å²) in [4.78, 5) is 16.2. The molecule has 0 saturated heterocycles. The maximum absolute atomic E-state index is 12.0. The molecule has 0 aliphatic carbocycles. The van der Waals surface area contributed by atoms with Gasteiger partial charge in [0.15, 0.2) is 5.65 Å². The minimum atomic E-state index is -0.454. The number of esters is 1. The number of ether oxygens (including phenoxy) is 2. The molecule has 2 rings (SSSR count). The van der Waals surface area contributed by atoms with Gasteiger partial charge in [-0.2, -0.15) is 5.10 Å². The van der Waals surface area contributed by atoms with Crippen LogP contribution < -0.4 is 4.74 Å². The molecule has 0 aromatic carbocycles. The fraction of sp³-hybridized carbons (Fsp3) is 0.357. The second-order valence-corrected chi connectivity index (χ2v) is 4.02. The largest absolute Gasteiger partial charge is 0.488 e. The summed E-state index contributed by atoms with van der Waals surface area (Å²) < 4.78 is 12.4. The fourth-order valence-corrected chi connectivity index (χ4v) is 1.89. The predicted molar refractivity (Wildman–Crippen MR) is 74.9 cm³/mol. The van der Waals surface area contributed by atoms with Gasteiger partial charge in [0, 0.05) is 12.7 Å². The second-order valence-electron chi connectivity index (χ2n) is 4.02. The van der Waals surface area contributed by atoms with Crippen LogP contribution in [0.2, 0.25) is 0 Å². The van der Waals surface area contributed by atoms with Crippen LogP contribution in [0.15, 0.2) is 25.0 Å². The molecular formula is C14H17N3O3. The number of rotatable bonds is 6. The van der Waals surface area contributed by atoms with E-state index >= 15 is 0 Å². The highest BCUT2D eigenvalue weighted by Crippen LogP contribution is 2.29. The molecule has 6 heteroatoms. The van der Waals surface area contributed by atoms with Gasteiger partial charge in [0.25, 0.3) is 0 Å². The van der Waals surface area contributed by atoms with E-state index in [4.69, 9.17) is 9.47 Å². The van der Waals surface area contributed by atoms with E-state index in [1.807, 2.05) is 6.92 Å². The summed E-state index contributed by atoms with van der Waals surface area (Å²) in [7, 11) is 0. The number of hydrogen-bond donors (Lipinski definition) is 0. The number of pyridine rings is 1. The van der Waals surface area contributed by atoms with Crippen molar-refractivity contribution in [1.82, 2.24) is 14.8 Å². The quantitative estimate of drug-likeness (QED) is 0.597. The van der Waals surface area contributed by atoms with Gasteiger partial charge >= 0.3 is 5.97 Å². The minimum absolute atomic E-state index is 0.294. The number of carbonyl (C=O) groups excluding carboxylic acids is 1. The highest BCUT2D eigenvalue weighted by molar-refractivity contribution is 5.98. The zero-order valence-electron chi connectivity index (χ0n) is 11.6. The molecule has 2 heterocycles. The lowest BCUT2D eigenvalue weighted by molar-refractivity contribution is 0.0522. The van der Waals surface area contributed by atoms with Crippen molar-refractivity contribution >= 4 is 17.0 Å². The maximum atomic E-state index is 12.0. The summed E-state index contributed by atoms with van der Waals surface area (Å²) in [6.07, 6.45) is 4.73. The van der Waals surface area contributed by atoms with E-state index in [-0.39, 0.29) is 0 Å². The monoisotopic (exact) mass is 275 g/mol. The molecule has 0 N–H and O–H groups in total. The lowest BCUT2D eigenvalue weighted by atomic mass is 10.2. The topological polar surface area (TPSA) is 66.2 Å². The first-order chi connectivity index (χ1) is 9.72. The van der Waals surface area contributed by atoms with E-state index < -0.39 is 5.97 Å². The summed E-state index contributed by atoms with van der Waals surface area (Å²) in [5, 5.41) is 4.92. The molecule has 0 bridgehead atoms. The van der Waals surface area contributed by atoms with Crippen molar-refractivity contribution in [3.8, 4) is 5.75 Å². The predicted octanol–water partition coefficient (Wildman–Crippen LogP) is 2.19. The van der Waals surface area contributed by atoms with E-state index in [1.54, 1.807) is 23.9 Å². The Morgan fingerprint density at radius 2 is 2.25 bits per heavy atom. The van der Waals surface area contributed by atoms with Gasteiger partial charge < -0.3 is 9.47 Å². The molecule has 0 aliphatic heterocycles. The van der Waals surface area contributed by atoms with Crippen molar-refractivity contribution in [2.75, 3.05) is 13.2 Å². The first kappa shape index (κ1) is 14.0. The van der Waals surface area contributed by atoms with Crippen molar-refractivity contribution in [2.45, 2.75) is 20.4 Å². The Balaban J connectivity index is 2.56. The van der Waals surface area contributed by atoms with Crippen LogP contribution in [0.5, 0.6) is 5.75 Å². The lowest BCUT2D eigenvalue weighted by Crippen LogP contribution is -2.09. The molecule has 6 nitrogen and oxygen atoms in total. The van der Waals surface area contributed by atoms with Crippen LogP contribution in [0, 0.1) is 0 Å². The number of nitrogens with zero attached hydrogens (tertiary/aromatic N) is 3. The highest BCUT2D eigenvalue weighted by atomic mass is 16.5. The van der Waals surface area contributed by atoms with Gasteiger partial charge in [0.2, 0.25) is 0 Å². The van der Waals surface area contributed by atoms with Crippen molar-refractivity contribution in [3.05, 3.63) is 30.6 Å². The van der Waals surface area contributed by atoms with Crippen molar-refractivity contribution < 1.29 is 14.3 Å². The van der Waals surface area contributed by atoms with E-state index in [2.05, 4.69) is 16.7 Å². The lowest BCUT2D eigenvalue weighted by Gasteiger charge is -2.10. The summed E-state index contributed by atoms with van der Waals surface area (Å²) in [5.41, 5.74) is 0.983. The third-order valence-electron chi connectivity index (χ3n) is 2.76. The summed E-state index contributed by atoms with van der Waals surface area (Å²) >= 11 is 0. The molecule has 2 aromatic rings. The first-order valence-electron chi connectivity index (χ1n) is 6.48. The minimum Gasteiger partial charge on any atom is -0.488 e. The first-order valence-corrected chi connectivity index (χ1v) is 6.48. The van der Waals surface area contributed by atoms with Crippen LogP contribution in [0.4, 0.5) is 0 Å². The number of fused-ring (bicyclic) bond motifs is 1. The Labute approximate surface area is 117 Å². The molecule has 0 aliphatic rings. The number of hydrogen-bond acceptors (Lipinski definition) is 5. The standard InChI is InChI=1S/C14H17N3O3/c1-4-7-20-12-10-9-16-17(5-2)13(10)15-8-11(12)14(18)19-6-3/h4,8-9H,1,5-7H2,2-3H3. The van der Waals surface area contributed by atoms with E-state index in [9.17, 15) is 4.79 Å². The van der Waals surface area contributed by atoms with Gasteiger partial charge in [-0.05, 0) is 13.8 Å². The van der Waals surface area contributed by atoms with Crippen LogP contribution in [0.25, 0.3) is 11.0 Å². The third-order valence-corrected chi connectivity index (χ3v) is 2.76. The second kappa shape index (κ2) is 6.18. The summed E-state index contributed by atoms with van der Waals surface area (Å²) in [5.74, 6) is -0.0155. The number of carbonyl (C=O) groups is 1. The Bertz CT molecular complexity index is 634. The molecule has 20 heavy (non-hydrogen) atoms. The van der Waals surface area contributed by atoms with Crippen LogP contribution in [-0.2, 0) is 11.3 Å². The van der Waals surface area contributed by atoms with Crippen molar-refractivity contribution in [2.24, 2.45) is 0 Å². The normalized spacial score (nSPS) is 10.5. The Hall–Kier alpha value is -2.37. The average Bonchev–Trinajstić information content (AvgIpc) is 2.88. The average molecular weight is 275 g/mol. The van der Waals surface area contributed by atoms with E-state index in [0.29, 0.717) is 42.1 Å². The molecule has 0 unspecified atom stereocenters. The van der Waals surface area contributed by atoms with Gasteiger partial charge in [-0.25, -0.2) is 14.5 Å². The SMILES string of the molecule is C=CCOc1c(C(=O)OCC)cnc2c1cnn2CC. The molecule has 0 saturated carbocycles. The fourth-order valence-electron chi connectivity index (χ4n) is 1.89. The van der Waals surface area contributed by atoms with Crippen LogP contribution >= 0.6 is 0 Å². The summed E-state index contributed by atoms with van der Waals surface area (Å²) in [6, 6.07) is 0. The van der Waals surface area contributed by atoms with Gasteiger partial charge in [-0.15, -0.1) is 0 Å². The van der Waals surface area contributed by atoms with Crippen molar-refractivity contribution in [1.29, 1.82) is 0 Å². The molecule has 0 amide bonds. The van der Waals surface area contributed by atoms with Crippen molar-refractivity contribution in [3.63, 3.8) is 0 Å². The van der Waals surface area contributed by atoms with E-state index in [1.165, 1.54) is 6.20 Å². The van der Waals surface area contributed by atoms with Crippen LogP contribution in [0.1, 0.15) is 24.2 Å². The maximum Gasteiger partial charge on any atom is 0.343 e. The highest BCUT2D eigenvalue weighted by Gasteiger charge is 2.20. The van der Waals surface area contributed by atoms with E-state index in [0.717, 1.165) is 0 Å². The molecule has 106 valence electrons. The zero-order valence-corrected chi connectivity index (χ0v) is 11.6. The summed E-state index contributed by atoms with van der Waals surface area (Å²) in [6.45, 7) is 8.62. The Kier molecular flexibility index (Phi) is 4.34. The molecule has 0 spiro atoms. The third kappa shape index (κ3) is 2.49. The van der Waals surface area contributed by atoms with Gasteiger partial charge in [-0.3, -0.25) is 0 Å². The number of aryl methyl sites for hydroxylation is 1. The number of aromatic nitrogens is 3. The smallest absolute Gasteiger partial charge is 0.343 e.